The summed E-state index contributed by atoms with van der Waals surface area (Å²) >= 11 is 6.06. The van der Waals surface area contributed by atoms with E-state index in [-0.39, 0.29) is 37.7 Å². The van der Waals surface area contributed by atoms with Crippen molar-refractivity contribution in [1.29, 1.82) is 0 Å². The van der Waals surface area contributed by atoms with E-state index in [0.717, 1.165) is 24.7 Å². The van der Waals surface area contributed by atoms with Crippen LogP contribution in [0.1, 0.15) is 51.5 Å². The van der Waals surface area contributed by atoms with Gasteiger partial charge in [0.1, 0.15) is 11.8 Å². The third-order valence-corrected chi connectivity index (χ3v) is 7.40. The molecule has 0 heterocycles. The van der Waals surface area contributed by atoms with Gasteiger partial charge in [0.15, 0.2) is 0 Å². The van der Waals surface area contributed by atoms with Crippen molar-refractivity contribution in [2.75, 3.05) is 30.8 Å². The number of halogens is 1. The van der Waals surface area contributed by atoms with E-state index in [1.165, 1.54) is 4.31 Å². The van der Waals surface area contributed by atoms with Crippen molar-refractivity contribution in [1.82, 2.24) is 10.2 Å². The molecule has 0 aliphatic heterocycles. The molecule has 204 valence electrons. The fraction of sp³-hybridized carbons (Fsp3) is 0.481. The quantitative estimate of drug-likeness (QED) is 0.326. The third kappa shape index (κ3) is 9.55. The standard InChI is InChI=1S/C27H38ClN3O5S/c1-5-7-17-29-27(33)25(6-2)30(20-21-13-15-24(36-3)16-14-21)26(32)12-9-18-31(37(4,34)35)23-11-8-10-22(28)19-23/h8,10-11,13-16,19,25H,5-7,9,12,17-18,20H2,1-4H3,(H,29,33)/t25-/m0/s1. The lowest BCUT2D eigenvalue weighted by Crippen LogP contribution is -2.49. The van der Waals surface area contributed by atoms with Gasteiger partial charge in [-0.2, -0.15) is 0 Å². The highest BCUT2D eigenvalue weighted by Gasteiger charge is 2.28. The Kier molecular flexibility index (Phi) is 12.2. The van der Waals surface area contributed by atoms with E-state index < -0.39 is 16.1 Å². The number of anilines is 1. The van der Waals surface area contributed by atoms with E-state index in [2.05, 4.69) is 5.32 Å². The summed E-state index contributed by atoms with van der Waals surface area (Å²) in [6, 6.07) is 13.3. The van der Waals surface area contributed by atoms with E-state index in [0.29, 0.717) is 29.4 Å². The predicted octanol–water partition coefficient (Wildman–Crippen LogP) is 4.62. The van der Waals surface area contributed by atoms with Crippen LogP contribution in [0.2, 0.25) is 5.02 Å². The van der Waals surface area contributed by atoms with Crippen LogP contribution in [-0.4, -0.2) is 57.6 Å². The molecule has 8 nitrogen and oxygen atoms in total. The molecule has 0 aliphatic carbocycles. The molecule has 10 heteroatoms. The maximum atomic E-state index is 13.5. The van der Waals surface area contributed by atoms with Crippen LogP contribution < -0.4 is 14.4 Å². The number of hydrogen-bond donors (Lipinski definition) is 1. The zero-order valence-corrected chi connectivity index (χ0v) is 23.6. The van der Waals surface area contributed by atoms with Gasteiger partial charge in [0, 0.05) is 31.1 Å². The lowest BCUT2D eigenvalue weighted by Gasteiger charge is -2.31. The van der Waals surface area contributed by atoms with Gasteiger partial charge in [-0.25, -0.2) is 8.42 Å². The van der Waals surface area contributed by atoms with Crippen LogP contribution in [0.4, 0.5) is 5.69 Å². The van der Waals surface area contributed by atoms with E-state index >= 15 is 0 Å². The molecule has 2 amide bonds. The van der Waals surface area contributed by atoms with E-state index in [9.17, 15) is 18.0 Å². The highest BCUT2D eigenvalue weighted by atomic mass is 35.5. The molecule has 0 saturated carbocycles. The Morgan fingerprint density at radius 3 is 2.35 bits per heavy atom. The molecule has 2 aromatic rings. The van der Waals surface area contributed by atoms with Gasteiger partial charge in [-0.3, -0.25) is 13.9 Å². The van der Waals surface area contributed by atoms with Crippen molar-refractivity contribution in [2.45, 2.75) is 58.5 Å². The van der Waals surface area contributed by atoms with Crippen LogP contribution in [-0.2, 0) is 26.2 Å². The van der Waals surface area contributed by atoms with Gasteiger partial charge in [0.05, 0.1) is 19.1 Å². The van der Waals surface area contributed by atoms with E-state index in [4.69, 9.17) is 16.3 Å². The summed E-state index contributed by atoms with van der Waals surface area (Å²) < 4.78 is 31.3. The Balaban J connectivity index is 2.20. The molecule has 1 atom stereocenters. The van der Waals surface area contributed by atoms with E-state index in [1.807, 2.05) is 38.1 Å². The molecule has 0 radical (unpaired) electrons. The second-order valence-corrected chi connectivity index (χ2v) is 11.2. The summed E-state index contributed by atoms with van der Waals surface area (Å²) in [6.45, 7) is 4.85. The first-order valence-electron chi connectivity index (χ1n) is 12.5. The summed E-state index contributed by atoms with van der Waals surface area (Å²) in [4.78, 5) is 28.0. The minimum Gasteiger partial charge on any atom is -0.497 e. The number of carbonyl (C=O) groups is 2. The van der Waals surface area contributed by atoms with Crippen molar-refractivity contribution in [2.24, 2.45) is 0 Å². The Morgan fingerprint density at radius 1 is 1.08 bits per heavy atom. The lowest BCUT2D eigenvalue weighted by atomic mass is 10.1. The molecule has 37 heavy (non-hydrogen) atoms. The van der Waals surface area contributed by atoms with Gasteiger partial charge >= 0.3 is 0 Å². The normalized spacial score (nSPS) is 12.0. The summed E-state index contributed by atoms with van der Waals surface area (Å²) in [6.07, 6.45) is 3.76. The van der Waals surface area contributed by atoms with Crippen molar-refractivity contribution < 1.29 is 22.7 Å². The average molecular weight is 552 g/mol. The van der Waals surface area contributed by atoms with Crippen LogP contribution in [0.15, 0.2) is 48.5 Å². The topological polar surface area (TPSA) is 96.0 Å². The first kappa shape index (κ1) is 30.4. The maximum Gasteiger partial charge on any atom is 0.242 e. The van der Waals surface area contributed by atoms with Gasteiger partial charge in [-0.15, -0.1) is 0 Å². The van der Waals surface area contributed by atoms with Gasteiger partial charge in [-0.05, 0) is 55.2 Å². The molecule has 0 bridgehead atoms. The number of unbranched alkanes of at least 4 members (excludes halogenated alkanes) is 1. The average Bonchev–Trinajstić information content (AvgIpc) is 2.86. The van der Waals surface area contributed by atoms with Crippen LogP contribution in [0.25, 0.3) is 0 Å². The summed E-state index contributed by atoms with van der Waals surface area (Å²) in [5, 5.41) is 3.37. The maximum absolute atomic E-state index is 13.5. The van der Waals surface area contributed by atoms with Crippen LogP contribution in [0, 0.1) is 0 Å². The zero-order valence-electron chi connectivity index (χ0n) is 22.1. The number of rotatable bonds is 15. The molecule has 0 spiro atoms. The van der Waals surface area contributed by atoms with Gasteiger partial charge in [-0.1, -0.05) is 50.1 Å². The van der Waals surface area contributed by atoms with Crippen LogP contribution in [0.5, 0.6) is 5.75 Å². The zero-order chi connectivity index (χ0) is 27.4. The molecule has 1 N–H and O–H groups in total. The first-order valence-corrected chi connectivity index (χ1v) is 14.8. The second kappa shape index (κ2) is 14.8. The largest absolute Gasteiger partial charge is 0.497 e. The number of hydrogen-bond acceptors (Lipinski definition) is 5. The van der Waals surface area contributed by atoms with Gasteiger partial charge in [0.25, 0.3) is 0 Å². The van der Waals surface area contributed by atoms with Crippen molar-refractivity contribution in [3.8, 4) is 5.75 Å². The van der Waals surface area contributed by atoms with Crippen LogP contribution >= 0.6 is 11.6 Å². The monoisotopic (exact) mass is 551 g/mol. The van der Waals surface area contributed by atoms with E-state index in [1.54, 1.807) is 36.3 Å². The van der Waals surface area contributed by atoms with Crippen molar-refractivity contribution in [3.63, 3.8) is 0 Å². The summed E-state index contributed by atoms with van der Waals surface area (Å²) in [7, 11) is -2.00. The molecule has 0 saturated heterocycles. The Morgan fingerprint density at radius 2 is 1.78 bits per heavy atom. The highest BCUT2D eigenvalue weighted by Crippen LogP contribution is 2.23. The van der Waals surface area contributed by atoms with Crippen molar-refractivity contribution >= 4 is 39.1 Å². The number of amides is 2. The van der Waals surface area contributed by atoms with Gasteiger partial charge in [0.2, 0.25) is 21.8 Å². The van der Waals surface area contributed by atoms with Crippen molar-refractivity contribution in [3.05, 3.63) is 59.1 Å². The van der Waals surface area contributed by atoms with Gasteiger partial charge < -0.3 is 15.0 Å². The Labute approximate surface area is 226 Å². The lowest BCUT2D eigenvalue weighted by molar-refractivity contribution is -0.141. The molecular weight excluding hydrogens is 514 g/mol. The third-order valence-electron chi connectivity index (χ3n) is 5.98. The molecule has 0 aromatic heterocycles. The molecule has 0 aliphatic rings. The SMILES string of the molecule is CCCCNC(=O)[C@H](CC)N(Cc1ccc(OC)cc1)C(=O)CCCN(c1cccc(Cl)c1)S(C)(=O)=O. The number of sulfonamides is 1. The molecule has 0 unspecified atom stereocenters. The molecular formula is C27H38ClN3O5S. The smallest absolute Gasteiger partial charge is 0.242 e. The molecule has 2 aromatic carbocycles. The number of benzene rings is 2. The fourth-order valence-electron chi connectivity index (χ4n) is 3.99. The Hall–Kier alpha value is -2.78. The highest BCUT2D eigenvalue weighted by molar-refractivity contribution is 7.92. The minimum absolute atomic E-state index is 0.0848. The minimum atomic E-state index is -3.58. The number of methoxy groups -OCH3 is 1. The first-order chi connectivity index (χ1) is 17.6. The number of nitrogens with zero attached hydrogens (tertiary/aromatic N) is 2. The number of nitrogens with one attached hydrogen (secondary N) is 1. The summed E-state index contributed by atoms with van der Waals surface area (Å²) in [5.74, 6) is 0.301. The fourth-order valence-corrected chi connectivity index (χ4v) is 5.13. The summed E-state index contributed by atoms with van der Waals surface area (Å²) in [5.41, 5.74) is 1.31. The predicted molar refractivity (Wildman–Crippen MR) is 148 cm³/mol. The molecule has 0 fully saturated rings. The Bertz CT molecular complexity index is 1130. The van der Waals surface area contributed by atoms with Crippen LogP contribution in [0.3, 0.4) is 0 Å². The number of carbonyl (C=O) groups excluding carboxylic acids is 2. The number of ether oxygens (including phenoxy) is 1. The molecule has 2 rings (SSSR count). The second-order valence-electron chi connectivity index (χ2n) is 8.86.